The standard InChI is InChI=1S/C16H14N8O4/c25-14(10-5-8-3-1-2-4-9(8)28-10)21-23-16(27)24-22-15(26)12-11-13(19-6-17-11)20-7-18-12/h1-4,6-7,10H,5H2,(H,21,25)(H,22,26)(H2,23,24,27)(H,17,18,19,20). The number of carbonyl (C=O) groups is 3. The van der Waals surface area contributed by atoms with Crippen LogP contribution in [0.2, 0.25) is 0 Å². The molecule has 0 spiro atoms. The van der Waals surface area contributed by atoms with Gasteiger partial charge in [-0.1, -0.05) is 18.2 Å². The Morgan fingerprint density at radius 2 is 1.86 bits per heavy atom. The molecule has 1 aliphatic rings. The first kappa shape index (κ1) is 17.2. The molecule has 142 valence electrons. The number of benzene rings is 1. The summed E-state index contributed by atoms with van der Waals surface area (Å²) < 4.78 is 5.51. The van der Waals surface area contributed by atoms with E-state index in [0.717, 1.165) is 5.56 Å². The molecule has 3 aromatic rings. The quantitative estimate of drug-likeness (QED) is 0.367. The molecular weight excluding hydrogens is 368 g/mol. The van der Waals surface area contributed by atoms with Crippen LogP contribution in [0.3, 0.4) is 0 Å². The van der Waals surface area contributed by atoms with Gasteiger partial charge >= 0.3 is 6.03 Å². The fraction of sp³-hybridized carbons (Fsp3) is 0.125. The van der Waals surface area contributed by atoms with E-state index in [9.17, 15) is 14.4 Å². The number of nitrogens with zero attached hydrogens (tertiary/aromatic N) is 3. The Morgan fingerprint density at radius 1 is 1.04 bits per heavy atom. The number of ether oxygens (including phenoxy) is 1. The van der Waals surface area contributed by atoms with E-state index in [0.29, 0.717) is 23.3 Å². The van der Waals surface area contributed by atoms with Gasteiger partial charge in [-0.05, 0) is 11.6 Å². The molecule has 4 amide bonds. The van der Waals surface area contributed by atoms with Crippen LogP contribution in [0.25, 0.3) is 11.2 Å². The summed E-state index contributed by atoms with van der Waals surface area (Å²) in [5, 5.41) is 0. The van der Waals surface area contributed by atoms with Gasteiger partial charge in [-0.3, -0.25) is 20.4 Å². The molecule has 1 atom stereocenters. The summed E-state index contributed by atoms with van der Waals surface area (Å²) in [6, 6.07) is 6.44. The van der Waals surface area contributed by atoms with E-state index in [-0.39, 0.29) is 5.69 Å². The van der Waals surface area contributed by atoms with Crippen molar-refractivity contribution in [1.29, 1.82) is 0 Å². The van der Waals surface area contributed by atoms with Gasteiger partial charge in [0.1, 0.15) is 17.6 Å². The van der Waals surface area contributed by atoms with Gasteiger partial charge in [0, 0.05) is 6.42 Å². The van der Waals surface area contributed by atoms with Crippen LogP contribution in [0.15, 0.2) is 36.9 Å². The van der Waals surface area contributed by atoms with Crippen molar-refractivity contribution in [2.24, 2.45) is 0 Å². The first-order valence-corrected chi connectivity index (χ1v) is 8.16. The maximum absolute atomic E-state index is 12.1. The van der Waals surface area contributed by atoms with Crippen LogP contribution in [0.4, 0.5) is 4.79 Å². The summed E-state index contributed by atoms with van der Waals surface area (Å²) in [7, 11) is 0. The molecule has 3 heterocycles. The summed E-state index contributed by atoms with van der Waals surface area (Å²) in [5.41, 5.74) is 10.2. The number of amides is 4. The minimum absolute atomic E-state index is 0.00366. The first-order chi connectivity index (χ1) is 13.6. The van der Waals surface area contributed by atoms with Gasteiger partial charge in [0.15, 0.2) is 17.4 Å². The van der Waals surface area contributed by atoms with Crippen molar-refractivity contribution in [3.8, 4) is 5.75 Å². The lowest BCUT2D eigenvalue weighted by Crippen LogP contribution is -2.54. The molecule has 0 saturated carbocycles. The van der Waals surface area contributed by atoms with Gasteiger partial charge in [-0.15, -0.1) is 0 Å². The molecule has 0 saturated heterocycles. The van der Waals surface area contributed by atoms with E-state index in [1.165, 1.54) is 12.7 Å². The summed E-state index contributed by atoms with van der Waals surface area (Å²) in [6.07, 6.45) is 2.20. The van der Waals surface area contributed by atoms with Gasteiger partial charge in [0.25, 0.3) is 11.8 Å². The maximum Gasteiger partial charge on any atom is 0.352 e. The monoisotopic (exact) mass is 382 g/mol. The Kier molecular flexibility index (Phi) is 4.42. The summed E-state index contributed by atoms with van der Waals surface area (Å²) in [5.74, 6) is -0.574. The molecule has 0 bridgehead atoms. The molecule has 1 aromatic carbocycles. The van der Waals surface area contributed by atoms with E-state index in [1.54, 1.807) is 6.07 Å². The van der Waals surface area contributed by atoms with Gasteiger partial charge < -0.3 is 9.72 Å². The van der Waals surface area contributed by atoms with Crippen molar-refractivity contribution >= 4 is 29.0 Å². The summed E-state index contributed by atoms with van der Waals surface area (Å²) in [4.78, 5) is 50.4. The number of para-hydroxylation sites is 1. The highest BCUT2D eigenvalue weighted by atomic mass is 16.5. The molecule has 0 fully saturated rings. The van der Waals surface area contributed by atoms with E-state index in [4.69, 9.17) is 4.74 Å². The number of carbonyl (C=O) groups excluding carboxylic acids is 3. The molecule has 28 heavy (non-hydrogen) atoms. The second-order valence-corrected chi connectivity index (χ2v) is 5.76. The van der Waals surface area contributed by atoms with Crippen LogP contribution < -0.4 is 26.4 Å². The fourth-order valence-electron chi connectivity index (χ4n) is 2.67. The van der Waals surface area contributed by atoms with E-state index in [2.05, 4.69) is 41.6 Å². The number of nitrogens with one attached hydrogen (secondary N) is 5. The average Bonchev–Trinajstić information content (AvgIpc) is 3.36. The Morgan fingerprint density at radius 3 is 2.71 bits per heavy atom. The van der Waals surface area contributed by atoms with Crippen molar-refractivity contribution in [3.05, 3.63) is 48.2 Å². The number of urea groups is 1. The third kappa shape index (κ3) is 3.38. The molecule has 5 N–H and O–H groups in total. The molecule has 12 nitrogen and oxygen atoms in total. The second kappa shape index (κ2) is 7.19. The number of H-pyrrole nitrogens is 1. The molecule has 12 heteroatoms. The highest BCUT2D eigenvalue weighted by Crippen LogP contribution is 2.27. The van der Waals surface area contributed by atoms with Crippen LogP contribution in [0.5, 0.6) is 5.75 Å². The van der Waals surface area contributed by atoms with Crippen molar-refractivity contribution in [2.75, 3.05) is 0 Å². The van der Waals surface area contributed by atoms with E-state index < -0.39 is 23.9 Å². The maximum atomic E-state index is 12.1. The van der Waals surface area contributed by atoms with Crippen molar-refractivity contribution in [3.63, 3.8) is 0 Å². The lowest BCUT2D eigenvalue weighted by Gasteiger charge is -2.13. The highest BCUT2D eigenvalue weighted by molar-refractivity contribution is 6.02. The van der Waals surface area contributed by atoms with Crippen LogP contribution >= 0.6 is 0 Å². The van der Waals surface area contributed by atoms with Crippen LogP contribution in [-0.4, -0.2) is 43.9 Å². The van der Waals surface area contributed by atoms with Gasteiger partial charge in [-0.2, -0.15) is 0 Å². The minimum atomic E-state index is -0.855. The number of hydrogen-bond acceptors (Lipinski definition) is 7. The molecular formula is C16H14N8O4. The summed E-state index contributed by atoms with van der Waals surface area (Å²) >= 11 is 0. The predicted molar refractivity (Wildman–Crippen MR) is 93.5 cm³/mol. The van der Waals surface area contributed by atoms with Gasteiger partial charge in [0.05, 0.1) is 6.33 Å². The number of rotatable bonds is 2. The third-order valence-electron chi connectivity index (χ3n) is 3.97. The minimum Gasteiger partial charge on any atom is -0.480 e. The molecule has 1 aliphatic heterocycles. The Labute approximate surface area is 157 Å². The summed E-state index contributed by atoms with van der Waals surface area (Å²) in [6.45, 7) is 0. The Hall–Kier alpha value is -4.22. The SMILES string of the molecule is O=C(NNC(=O)c1ncnc2nc[nH]c12)NNC(=O)C1Cc2ccccc2O1. The number of hydrazine groups is 2. The lowest BCUT2D eigenvalue weighted by molar-refractivity contribution is -0.127. The zero-order valence-corrected chi connectivity index (χ0v) is 14.2. The van der Waals surface area contributed by atoms with Crippen LogP contribution in [0.1, 0.15) is 16.1 Å². The largest absolute Gasteiger partial charge is 0.480 e. The van der Waals surface area contributed by atoms with Crippen molar-refractivity contribution in [2.45, 2.75) is 12.5 Å². The predicted octanol–water partition coefficient (Wildman–Crippen LogP) is -0.668. The molecule has 2 aromatic heterocycles. The zero-order chi connectivity index (χ0) is 19.5. The van der Waals surface area contributed by atoms with Gasteiger partial charge in [0.2, 0.25) is 0 Å². The average molecular weight is 382 g/mol. The van der Waals surface area contributed by atoms with E-state index in [1.807, 2.05) is 18.2 Å². The van der Waals surface area contributed by atoms with Crippen LogP contribution in [0, 0.1) is 0 Å². The number of fused-ring (bicyclic) bond motifs is 2. The van der Waals surface area contributed by atoms with E-state index >= 15 is 0 Å². The molecule has 0 aliphatic carbocycles. The lowest BCUT2D eigenvalue weighted by atomic mass is 10.1. The highest BCUT2D eigenvalue weighted by Gasteiger charge is 2.29. The van der Waals surface area contributed by atoms with Crippen molar-refractivity contribution < 1.29 is 19.1 Å². The van der Waals surface area contributed by atoms with Gasteiger partial charge in [-0.25, -0.2) is 30.6 Å². The fourth-order valence-corrected chi connectivity index (χ4v) is 2.67. The number of hydrogen-bond donors (Lipinski definition) is 5. The molecule has 1 unspecified atom stereocenters. The number of imidazole rings is 1. The molecule has 0 radical (unpaired) electrons. The number of aromatic nitrogens is 4. The zero-order valence-electron chi connectivity index (χ0n) is 14.2. The Balaban J connectivity index is 1.25. The second-order valence-electron chi connectivity index (χ2n) is 5.76. The smallest absolute Gasteiger partial charge is 0.352 e. The first-order valence-electron chi connectivity index (χ1n) is 8.16. The number of aromatic amines is 1. The van der Waals surface area contributed by atoms with Crippen LogP contribution in [-0.2, 0) is 11.2 Å². The Bertz CT molecular complexity index is 1040. The third-order valence-corrected chi connectivity index (χ3v) is 3.97. The topological polar surface area (TPSA) is 163 Å². The van der Waals surface area contributed by atoms with Crippen molar-refractivity contribution in [1.82, 2.24) is 41.6 Å². The molecule has 4 rings (SSSR count). The normalized spacial score (nSPS) is 14.6.